The molecule has 0 spiro atoms. The number of rotatable bonds is 15. The molecule has 0 aromatic rings. The maximum atomic E-state index is 12.9. The van der Waals surface area contributed by atoms with Crippen LogP contribution in [0, 0.1) is 28.9 Å². The van der Waals surface area contributed by atoms with Gasteiger partial charge in [0.25, 0.3) is 0 Å². The molecule has 1 saturated carbocycles. The van der Waals surface area contributed by atoms with Crippen LogP contribution in [0.25, 0.3) is 0 Å². The van der Waals surface area contributed by atoms with Gasteiger partial charge in [-0.3, -0.25) is 10.0 Å². The number of hydrogen-bond donors (Lipinski definition) is 0. The molecule has 0 bridgehead atoms. The third kappa shape index (κ3) is 9.28. The highest BCUT2D eigenvalue weighted by Crippen LogP contribution is 2.38. The highest BCUT2D eigenvalue weighted by atomic mass is 16.9. The lowest BCUT2D eigenvalue weighted by Gasteiger charge is -2.38. The van der Waals surface area contributed by atoms with E-state index in [0.29, 0.717) is 17.8 Å². The molecule has 202 valence electrons. The minimum Gasteiger partial charge on any atom is -0.458 e. The van der Waals surface area contributed by atoms with Gasteiger partial charge >= 0.3 is 17.7 Å². The van der Waals surface area contributed by atoms with Crippen molar-refractivity contribution in [1.82, 2.24) is 0 Å². The zero-order valence-corrected chi connectivity index (χ0v) is 22.5. The van der Waals surface area contributed by atoms with Gasteiger partial charge in [0.05, 0.1) is 25.7 Å². The molecule has 1 heterocycles. The minimum atomic E-state index is -1.00. The first-order valence-corrected chi connectivity index (χ1v) is 13.8. The molecule has 2 fully saturated rings. The molecule has 0 aromatic carbocycles. The van der Waals surface area contributed by atoms with E-state index in [0.717, 1.165) is 38.5 Å². The minimum absolute atomic E-state index is 0.102. The topological polar surface area (TPSA) is 97.1 Å². The predicted octanol–water partition coefficient (Wildman–Crippen LogP) is 5.55. The number of unbranched alkanes of at least 4 members (excludes halogenated alkanes) is 6. The fourth-order valence-corrected chi connectivity index (χ4v) is 5.17. The van der Waals surface area contributed by atoms with Crippen molar-refractivity contribution in [3.8, 4) is 0 Å². The van der Waals surface area contributed by atoms with Crippen molar-refractivity contribution in [2.24, 2.45) is 23.7 Å². The maximum Gasteiger partial charge on any atom is 0.405 e. The van der Waals surface area contributed by atoms with Crippen LogP contribution in [0.5, 0.6) is 0 Å². The van der Waals surface area contributed by atoms with E-state index in [1.807, 2.05) is 0 Å². The molecule has 0 radical (unpaired) electrons. The van der Waals surface area contributed by atoms with E-state index in [-0.39, 0.29) is 36.4 Å². The fourth-order valence-electron chi connectivity index (χ4n) is 5.17. The molecular formula is C27H47NO7. The molecule has 2 rings (SSSR count). The van der Waals surface area contributed by atoms with E-state index in [1.165, 1.54) is 25.7 Å². The van der Waals surface area contributed by atoms with Gasteiger partial charge in [-0.1, -0.05) is 72.6 Å². The number of hydrogen-bond acceptors (Lipinski definition) is 7. The Bertz CT molecular complexity index is 693. The van der Waals surface area contributed by atoms with Crippen LogP contribution in [0.1, 0.15) is 105 Å². The molecule has 5 atom stereocenters. The van der Waals surface area contributed by atoms with Gasteiger partial charge < -0.3 is 19.0 Å². The lowest BCUT2D eigenvalue weighted by molar-refractivity contribution is -0.742. The molecule has 1 saturated heterocycles. The van der Waals surface area contributed by atoms with Gasteiger partial charge in [-0.05, 0) is 43.9 Å². The van der Waals surface area contributed by atoms with Crippen LogP contribution in [0.4, 0.5) is 0 Å². The van der Waals surface area contributed by atoms with Crippen LogP contribution in [-0.2, 0) is 28.6 Å². The first kappa shape index (κ1) is 29.4. The molecule has 0 N–H and O–H groups in total. The van der Waals surface area contributed by atoms with Crippen LogP contribution in [-0.4, -0.2) is 48.2 Å². The highest BCUT2D eigenvalue weighted by Gasteiger charge is 2.50. The van der Waals surface area contributed by atoms with Gasteiger partial charge in [0, 0.05) is 4.90 Å². The van der Waals surface area contributed by atoms with Crippen molar-refractivity contribution in [1.29, 1.82) is 0 Å². The third-order valence-corrected chi connectivity index (χ3v) is 7.22. The summed E-state index contributed by atoms with van der Waals surface area (Å²) in [6.07, 6.45) is 9.42. The maximum absolute atomic E-state index is 12.9. The van der Waals surface area contributed by atoms with Crippen molar-refractivity contribution in [3.05, 3.63) is 5.21 Å². The first-order valence-electron chi connectivity index (χ1n) is 13.8. The normalized spacial score (nSPS) is 27.5. The summed E-state index contributed by atoms with van der Waals surface area (Å²) < 4.78 is 17.0. The third-order valence-electron chi connectivity index (χ3n) is 7.22. The Morgan fingerprint density at radius 2 is 1.80 bits per heavy atom. The number of nitrogens with zero attached hydrogens (tertiary/aromatic N) is 1. The van der Waals surface area contributed by atoms with Gasteiger partial charge in [0.15, 0.2) is 0 Å². The Morgan fingerprint density at radius 3 is 2.46 bits per heavy atom. The Labute approximate surface area is 211 Å². The van der Waals surface area contributed by atoms with E-state index in [9.17, 15) is 14.8 Å². The number of esters is 2. The summed E-state index contributed by atoms with van der Waals surface area (Å²) >= 11 is 0. The predicted molar refractivity (Wildman–Crippen MR) is 133 cm³/mol. The van der Waals surface area contributed by atoms with Gasteiger partial charge in [-0.15, -0.1) is 0 Å². The second kappa shape index (κ2) is 15.3. The quantitative estimate of drug-likeness (QED) is 0.0962. The van der Waals surface area contributed by atoms with Crippen LogP contribution < -0.4 is 0 Å². The van der Waals surface area contributed by atoms with E-state index in [2.05, 4.69) is 27.7 Å². The summed E-state index contributed by atoms with van der Waals surface area (Å²) in [6.45, 7) is 10.7. The second-order valence-electron chi connectivity index (χ2n) is 10.5. The monoisotopic (exact) mass is 497 g/mol. The Morgan fingerprint density at radius 1 is 1.11 bits per heavy atom. The highest BCUT2D eigenvalue weighted by molar-refractivity contribution is 6.35. The number of carbonyl (C=O) groups excluding carboxylic acids is 2. The number of ether oxygens (including phenoxy) is 3. The van der Waals surface area contributed by atoms with Crippen LogP contribution >= 0.6 is 0 Å². The van der Waals surface area contributed by atoms with Crippen molar-refractivity contribution in [2.75, 3.05) is 13.2 Å². The lowest BCUT2D eigenvalue weighted by atomic mass is 9.75. The summed E-state index contributed by atoms with van der Waals surface area (Å²) in [6, 6.07) is 0. The van der Waals surface area contributed by atoms with Crippen molar-refractivity contribution in [2.45, 2.75) is 118 Å². The summed E-state index contributed by atoms with van der Waals surface area (Å²) in [5.74, 6) is -0.908. The average molecular weight is 498 g/mol. The molecule has 0 unspecified atom stereocenters. The number of cyclic esters (lactones) is 1. The zero-order valence-electron chi connectivity index (χ0n) is 22.5. The van der Waals surface area contributed by atoms with Crippen molar-refractivity contribution in [3.63, 3.8) is 0 Å². The Balaban J connectivity index is 2.09. The molecule has 8 nitrogen and oxygen atoms in total. The fraction of sp³-hybridized carbons (Fsp3) is 0.889. The second-order valence-corrected chi connectivity index (χ2v) is 10.5. The molecule has 8 heteroatoms. The molecule has 0 amide bonds. The van der Waals surface area contributed by atoms with E-state index in [1.54, 1.807) is 6.92 Å². The molecule has 1 aliphatic heterocycles. The molecule has 1 aliphatic carbocycles. The molecule has 35 heavy (non-hydrogen) atoms. The summed E-state index contributed by atoms with van der Waals surface area (Å²) in [4.78, 5) is 30.7. The van der Waals surface area contributed by atoms with E-state index in [4.69, 9.17) is 19.0 Å². The van der Waals surface area contributed by atoms with E-state index >= 15 is 0 Å². The van der Waals surface area contributed by atoms with Crippen LogP contribution in [0.3, 0.4) is 0 Å². The van der Waals surface area contributed by atoms with Crippen molar-refractivity contribution < 1.29 is 33.5 Å². The van der Waals surface area contributed by atoms with Crippen molar-refractivity contribution >= 4 is 17.7 Å². The number of carbonyl (C=O) groups is 2. The van der Waals surface area contributed by atoms with Gasteiger partial charge in [-0.25, -0.2) is 4.79 Å². The van der Waals surface area contributed by atoms with Crippen LogP contribution in [0.2, 0.25) is 0 Å². The first-order chi connectivity index (χ1) is 16.8. The molecule has 0 aromatic heterocycles. The van der Waals surface area contributed by atoms with Crippen LogP contribution in [0.15, 0.2) is 0 Å². The zero-order chi connectivity index (χ0) is 25.8. The average Bonchev–Trinajstić information content (AvgIpc) is 3.15. The molecular weight excluding hydrogens is 450 g/mol. The summed E-state index contributed by atoms with van der Waals surface area (Å²) in [5.41, 5.74) is -0.254. The molecule has 2 aliphatic rings. The summed E-state index contributed by atoms with van der Waals surface area (Å²) in [7, 11) is 0. The Hall–Kier alpha value is -1.83. The standard InChI is InChI=1S/C27H47NO7/c1-6-8-9-10-11-12-13-16-33-28(31)25(26(30)32-7-2)22-18-24(29)35-27(22)34-23-17-20(5)14-15-21(23)19(3)4/h19-23,27H,6-18H2,1-5H3/b28-25-/t20-,21+,22+,23-,27-/m1/s1. The Kier molecular flexibility index (Phi) is 12.9. The SMILES string of the molecule is CCCCCCCCCO/[N+]([O-])=C(\C(=O)OCC)[C@@H]1CC(=O)O[C@H]1O[C@@H]1C[C@H](C)CC[C@H]1C(C)C. The smallest absolute Gasteiger partial charge is 0.405 e. The summed E-state index contributed by atoms with van der Waals surface area (Å²) in [5, 5.41) is 12.9. The largest absolute Gasteiger partial charge is 0.458 e. The van der Waals surface area contributed by atoms with Gasteiger partial charge in [-0.2, -0.15) is 0 Å². The van der Waals surface area contributed by atoms with Gasteiger partial charge in [0.2, 0.25) is 6.29 Å². The van der Waals surface area contributed by atoms with Gasteiger partial charge in [0.1, 0.15) is 5.92 Å². The van der Waals surface area contributed by atoms with E-state index < -0.39 is 24.1 Å². The lowest BCUT2D eigenvalue weighted by Crippen LogP contribution is -2.43.